The first-order valence-corrected chi connectivity index (χ1v) is 8.42. The Kier molecular flexibility index (Phi) is 5.53. The van der Waals surface area contributed by atoms with Crippen LogP contribution in [0.1, 0.15) is 22.3 Å². The van der Waals surface area contributed by atoms with E-state index in [0.29, 0.717) is 0 Å². The van der Waals surface area contributed by atoms with Crippen LogP contribution >= 0.6 is 23.2 Å². The molecule has 0 saturated heterocycles. The van der Waals surface area contributed by atoms with Gasteiger partial charge in [-0.05, 0) is 46.5 Å². The molecule has 0 atom stereocenters. The van der Waals surface area contributed by atoms with Crippen molar-refractivity contribution in [3.63, 3.8) is 0 Å². The van der Waals surface area contributed by atoms with Gasteiger partial charge in [-0.25, -0.2) is 0 Å². The van der Waals surface area contributed by atoms with Crippen LogP contribution in [0.4, 0.5) is 0 Å². The Morgan fingerprint density at radius 1 is 0.458 bits per heavy atom. The summed E-state index contributed by atoms with van der Waals surface area (Å²) in [6.07, 6.45) is 8.28. The van der Waals surface area contributed by atoms with Gasteiger partial charge in [0.25, 0.3) is 0 Å². The van der Waals surface area contributed by atoms with Gasteiger partial charge < -0.3 is 0 Å². The van der Waals surface area contributed by atoms with E-state index in [1.165, 1.54) is 0 Å². The zero-order valence-corrected chi connectivity index (χ0v) is 14.5. The average Bonchev–Trinajstić information content (AvgIpc) is 2.59. The minimum absolute atomic E-state index is 0.749. The van der Waals surface area contributed by atoms with Crippen molar-refractivity contribution in [1.29, 1.82) is 0 Å². The maximum absolute atomic E-state index is 5.99. The number of rotatable bonds is 4. The van der Waals surface area contributed by atoms with Crippen molar-refractivity contribution in [2.45, 2.75) is 0 Å². The monoisotopic (exact) mass is 350 g/mol. The lowest BCUT2D eigenvalue weighted by Crippen LogP contribution is -1.76. The third-order valence-corrected chi connectivity index (χ3v) is 4.04. The molecule has 3 rings (SSSR count). The number of benzene rings is 3. The van der Waals surface area contributed by atoms with Crippen molar-refractivity contribution in [3.8, 4) is 0 Å². The number of hydrogen-bond acceptors (Lipinski definition) is 0. The molecule has 0 aromatic heterocycles. The highest BCUT2D eigenvalue weighted by atomic mass is 35.5. The van der Waals surface area contributed by atoms with Crippen molar-refractivity contribution in [2.75, 3.05) is 0 Å². The van der Waals surface area contributed by atoms with Gasteiger partial charge in [0.2, 0.25) is 0 Å². The summed E-state index contributed by atoms with van der Waals surface area (Å²) in [5.74, 6) is 0. The molecular formula is C22H16Cl2. The molecule has 118 valence electrons. The van der Waals surface area contributed by atoms with Gasteiger partial charge in [-0.15, -0.1) is 0 Å². The Balaban J connectivity index is 1.69. The van der Waals surface area contributed by atoms with Gasteiger partial charge in [0.1, 0.15) is 0 Å². The summed E-state index contributed by atoms with van der Waals surface area (Å²) in [6, 6.07) is 24.0. The molecule has 0 radical (unpaired) electrons. The molecule has 0 N–H and O–H groups in total. The minimum atomic E-state index is 0.749. The van der Waals surface area contributed by atoms with Gasteiger partial charge in [0.15, 0.2) is 0 Å². The topological polar surface area (TPSA) is 0 Å². The molecule has 3 aromatic rings. The smallest absolute Gasteiger partial charge is 0.0411 e. The van der Waals surface area contributed by atoms with Gasteiger partial charge in [-0.3, -0.25) is 0 Å². The molecule has 0 spiro atoms. The first kappa shape index (κ1) is 16.6. The zero-order valence-electron chi connectivity index (χ0n) is 13.0. The molecule has 0 amide bonds. The molecule has 0 bridgehead atoms. The highest BCUT2D eigenvalue weighted by Crippen LogP contribution is 2.16. The number of hydrogen-bond donors (Lipinski definition) is 0. The normalized spacial score (nSPS) is 11.4. The SMILES string of the molecule is Clc1cccc(/C=C/c2ccc(/C=C/c3cccc(Cl)c3)cc2)c1. The molecular weight excluding hydrogens is 335 g/mol. The van der Waals surface area contributed by atoms with Gasteiger partial charge >= 0.3 is 0 Å². The van der Waals surface area contributed by atoms with Crippen LogP contribution in [0.25, 0.3) is 24.3 Å². The summed E-state index contributed by atoms with van der Waals surface area (Å²) in [7, 11) is 0. The van der Waals surface area contributed by atoms with Gasteiger partial charge in [-0.1, -0.05) is 96.0 Å². The van der Waals surface area contributed by atoms with E-state index >= 15 is 0 Å². The molecule has 0 aliphatic rings. The van der Waals surface area contributed by atoms with Crippen LogP contribution in [0.3, 0.4) is 0 Å². The van der Waals surface area contributed by atoms with Crippen molar-refractivity contribution in [2.24, 2.45) is 0 Å². The first-order valence-electron chi connectivity index (χ1n) is 7.66. The Morgan fingerprint density at radius 3 is 1.21 bits per heavy atom. The molecule has 0 aliphatic carbocycles. The maximum atomic E-state index is 5.99. The van der Waals surface area contributed by atoms with Crippen molar-refractivity contribution in [1.82, 2.24) is 0 Å². The first-order chi connectivity index (χ1) is 11.7. The minimum Gasteiger partial charge on any atom is -0.0843 e. The fraction of sp³-hybridized carbons (Fsp3) is 0. The van der Waals surface area contributed by atoms with Crippen LogP contribution in [-0.2, 0) is 0 Å². The van der Waals surface area contributed by atoms with Crippen LogP contribution in [0.2, 0.25) is 10.0 Å². The lowest BCUT2D eigenvalue weighted by atomic mass is 10.1. The van der Waals surface area contributed by atoms with E-state index in [4.69, 9.17) is 23.2 Å². The molecule has 0 heterocycles. The summed E-state index contributed by atoms with van der Waals surface area (Å²) in [5.41, 5.74) is 4.48. The fourth-order valence-corrected chi connectivity index (χ4v) is 2.72. The van der Waals surface area contributed by atoms with Gasteiger partial charge in [-0.2, -0.15) is 0 Å². The second-order valence-corrected chi connectivity index (χ2v) is 6.32. The Hall–Kier alpha value is -2.28. The summed E-state index contributed by atoms with van der Waals surface area (Å²) in [6.45, 7) is 0. The third kappa shape index (κ3) is 4.86. The van der Waals surface area contributed by atoms with E-state index < -0.39 is 0 Å². The molecule has 0 fully saturated rings. The van der Waals surface area contributed by atoms with E-state index in [2.05, 4.69) is 48.6 Å². The van der Waals surface area contributed by atoms with E-state index in [0.717, 1.165) is 32.3 Å². The highest BCUT2D eigenvalue weighted by Gasteiger charge is 1.92. The molecule has 3 aromatic carbocycles. The standard InChI is InChI=1S/C22H16Cl2/c23-21-5-1-3-19(15-21)13-11-17-7-9-18(10-8-17)12-14-20-4-2-6-22(24)16-20/h1-16H/b13-11+,14-12+. The van der Waals surface area contributed by atoms with E-state index in [1.54, 1.807) is 0 Å². The predicted octanol–water partition coefficient (Wildman–Crippen LogP) is 7.33. The summed E-state index contributed by atoms with van der Waals surface area (Å²) < 4.78 is 0. The van der Waals surface area contributed by atoms with E-state index in [1.807, 2.05) is 48.5 Å². The molecule has 2 heteroatoms. The summed E-state index contributed by atoms with van der Waals surface area (Å²) in [5, 5.41) is 1.50. The zero-order chi connectivity index (χ0) is 16.8. The van der Waals surface area contributed by atoms with Crippen molar-refractivity contribution >= 4 is 47.5 Å². The van der Waals surface area contributed by atoms with Crippen molar-refractivity contribution < 1.29 is 0 Å². The van der Waals surface area contributed by atoms with E-state index in [-0.39, 0.29) is 0 Å². The van der Waals surface area contributed by atoms with Crippen LogP contribution in [-0.4, -0.2) is 0 Å². The van der Waals surface area contributed by atoms with Gasteiger partial charge in [0.05, 0.1) is 0 Å². The summed E-state index contributed by atoms with van der Waals surface area (Å²) >= 11 is 12.0. The predicted molar refractivity (Wildman–Crippen MR) is 107 cm³/mol. The third-order valence-electron chi connectivity index (χ3n) is 3.57. The van der Waals surface area contributed by atoms with Crippen LogP contribution < -0.4 is 0 Å². The summed E-state index contributed by atoms with van der Waals surface area (Å²) in [4.78, 5) is 0. The molecule has 0 nitrogen and oxygen atoms in total. The average molecular weight is 351 g/mol. The molecule has 0 aliphatic heterocycles. The van der Waals surface area contributed by atoms with Crippen LogP contribution in [0, 0.1) is 0 Å². The van der Waals surface area contributed by atoms with Crippen molar-refractivity contribution in [3.05, 3.63) is 105 Å². The van der Waals surface area contributed by atoms with Gasteiger partial charge in [0, 0.05) is 10.0 Å². The Morgan fingerprint density at radius 2 is 0.833 bits per heavy atom. The van der Waals surface area contributed by atoms with Crippen LogP contribution in [0.15, 0.2) is 72.8 Å². The highest BCUT2D eigenvalue weighted by molar-refractivity contribution is 6.31. The Labute approximate surface area is 152 Å². The second-order valence-electron chi connectivity index (χ2n) is 5.44. The largest absolute Gasteiger partial charge is 0.0843 e. The molecule has 0 saturated carbocycles. The lowest BCUT2D eigenvalue weighted by molar-refractivity contribution is 1.61. The molecule has 0 unspecified atom stereocenters. The maximum Gasteiger partial charge on any atom is 0.0411 e. The second kappa shape index (κ2) is 8.01. The van der Waals surface area contributed by atoms with Crippen LogP contribution in [0.5, 0.6) is 0 Å². The quantitative estimate of drug-likeness (QED) is 0.432. The lowest BCUT2D eigenvalue weighted by Gasteiger charge is -1.98. The fourth-order valence-electron chi connectivity index (χ4n) is 2.32. The van der Waals surface area contributed by atoms with E-state index in [9.17, 15) is 0 Å². The number of halogens is 2. The molecule has 24 heavy (non-hydrogen) atoms. The Bertz CT molecular complexity index is 800.